The zero-order chi connectivity index (χ0) is 18.4. The third-order valence-corrected chi connectivity index (χ3v) is 5.67. The number of nitrogens with one attached hydrogen (secondary N) is 1. The van der Waals surface area contributed by atoms with Crippen molar-refractivity contribution in [2.75, 3.05) is 13.2 Å². The minimum Gasteiger partial charge on any atom is -0.492 e. The normalized spacial score (nSPS) is 15.1. The van der Waals surface area contributed by atoms with Crippen LogP contribution >= 0.6 is 0 Å². The average molecular weight is 379 g/mol. The van der Waals surface area contributed by atoms with Crippen LogP contribution in [0.1, 0.15) is 25.7 Å². The van der Waals surface area contributed by atoms with Crippen LogP contribution in [0.25, 0.3) is 0 Å². The molecule has 3 rings (SSSR count). The molecule has 0 unspecified atom stereocenters. The van der Waals surface area contributed by atoms with Crippen LogP contribution in [0.5, 0.6) is 11.5 Å². The first kappa shape index (κ1) is 18.7. The molecule has 0 radical (unpaired) electrons. The highest BCUT2D eigenvalue weighted by Gasteiger charge is 2.17. The molecule has 2 aromatic rings. The molecule has 1 fully saturated rings. The Labute approximate surface area is 153 Å². The molecule has 0 atom stereocenters. The van der Waals surface area contributed by atoms with Crippen molar-refractivity contribution >= 4 is 10.0 Å². The second kappa shape index (κ2) is 8.51. The Hall–Kier alpha value is -2.12. The zero-order valence-electron chi connectivity index (χ0n) is 14.4. The molecule has 1 aliphatic carbocycles. The van der Waals surface area contributed by atoms with Crippen molar-refractivity contribution in [3.05, 3.63) is 54.3 Å². The first-order valence-electron chi connectivity index (χ1n) is 8.68. The van der Waals surface area contributed by atoms with Crippen LogP contribution in [-0.2, 0) is 10.0 Å². The monoisotopic (exact) mass is 379 g/mol. The van der Waals surface area contributed by atoms with Gasteiger partial charge in [-0.05, 0) is 62.1 Å². The van der Waals surface area contributed by atoms with E-state index in [0.717, 1.165) is 12.8 Å². The zero-order valence-corrected chi connectivity index (χ0v) is 15.2. The lowest BCUT2D eigenvalue weighted by Crippen LogP contribution is -2.28. The maximum Gasteiger partial charge on any atom is 0.240 e. The summed E-state index contributed by atoms with van der Waals surface area (Å²) in [4.78, 5) is 0.169. The maximum absolute atomic E-state index is 13.0. The largest absolute Gasteiger partial charge is 0.492 e. The SMILES string of the molecule is O=S(=O)(NCCOc1cccc(F)c1)c1ccc(OC2CCCC2)cc1. The van der Waals surface area contributed by atoms with Crippen molar-refractivity contribution in [1.82, 2.24) is 4.72 Å². The highest BCUT2D eigenvalue weighted by molar-refractivity contribution is 7.89. The Morgan fingerprint density at radius 2 is 1.77 bits per heavy atom. The van der Waals surface area contributed by atoms with Crippen LogP contribution in [-0.4, -0.2) is 27.7 Å². The molecule has 1 aliphatic rings. The minimum absolute atomic E-state index is 0.0825. The average Bonchev–Trinajstić information content (AvgIpc) is 3.12. The third-order valence-electron chi connectivity index (χ3n) is 4.20. The van der Waals surface area contributed by atoms with Gasteiger partial charge in [0.1, 0.15) is 23.9 Å². The topological polar surface area (TPSA) is 64.6 Å². The van der Waals surface area contributed by atoms with Crippen molar-refractivity contribution < 1.29 is 22.3 Å². The Bertz CT molecular complexity index is 818. The summed E-state index contributed by atoms with van der Waals surface area (Å²) < 4.78 is 51.2. The molecular weight excluding hydrogens is 357 g/mol. The van der Waals surface area contributed by atoms with Crippen LogP contribution in [0.4, 0.5) is 4.39 Å². The van der Waals surface area contributed by atoms with E-state index >= 15 is 0 Å². The summed E-state index contributed by atoms with van der Waals surface area (Å²) in [6.07, 6.45) is 4.69. The summed E-state index contributed by atoms with van der Waals surface area (Å²) in [5.74, 6) is 0.644. The number of rotatable bonds is 8. The quantitative estimate of drug-likeness (QED) is 0.713. The molecule has 0 bridgehead atoms. The molecule has 0 aliphatic heterocycles. The van der Waals surface area contributed by atoms with Crippen molar-refractivity contribution in [1.29, 1.82) is 0 Å². The van der Waals surface area contributed by atoms with E-state index in [1.807, 2.05) is 0 Å². The molecule has 0 amide bonds. The van der Waals surface area contributed by atoms with E-state index in [9.17, 15) is 12.8 Å². The molecule has 2 aromatic carbocycles. The van der Waals surface area contributed by atoms with E-state index in [2.05, 4.69) is 4.72 Å². The van der Waals surface area contributed by atoms with Crippen LogP contribution in [0.3, 0.4) is 0 Å². The van der Waals surface area contributed by atoms with Gasteiger partial charge in [-0.3, -0.25) is 0 Å². The predicted octanol–water partition coefficient (Wildman–Crippen LogP) is 3.50. The van der Waals surface area contributed by atoms with Gasteiger partial charge in [0.2, 0.25) is 10.0 Å². The number of hydrogen-bond donors (Lipinski definition) is 1. The van der Waals surface area contributed by atoms with Gasteiger partial charge < -0.3 is 9.47 Å². The van der Waals surface area contributed by atoms with Crippen molar-refractivity contribution in [3.63, 3.8) is 0 Å². The lowest BCUT2D eigenvalue weighted by atomic mass is 10.3. The van der Waals surface area contributed by atoms with Gasteiger partial charge >= 0.3 is 0 Å². The molecule has 0 saturated heterocycles. The smallest absolute Gasteiger partial charge is 0.240 e. The molecular formula is C19H22FNO4S. The summed E-state index contributed by atoms with van der Waals surface area (Å²) >= 11 is 0. The standard InChI is InChI=1S/C19H22FNO4S/c20-15-4-3-7-18(14-15)24-13-12-21-26(22,23)19-10-8-17(9-11-19)25-16-5-1-2-6-16/h3-4,7-11,14,16,21H,1-2,5-6,12-13H2. The molecule has 140 valence electrons. The van der Waals surface area contributed by atoms with Crippen molar-refractivity contribution in [2.45, 2.75) is 36.7 Å². The van der Waals surface area contributed by atoms with Gasteiger partial charge in [0, 0.05) is 12.6 Å². The molecule has 0 aromatic heterocycles. The first-order chi connectivity index (χ1) is 12.5. The fourth-order valence-electron chi connectivity index (χ4n) is 2.88. The minimum atomic E-state index is -3.63. The van der Waals surface area contributed by atoms with E-state index < -0.39 is 15.8 Å². The van der Waals surface area contributed by atoms with Gasteiger partial charge in [0.15, 0.2) is 0 Å². The molecule has 0 spiro atoms. The highest BCUT2D eigenvalue weighted by Crippen LogP contribution is 2.24. The lowest BCUT2D eigenvalue weighted by molar-refractivity contribution is 0.210. The predicted molar refractivity (Wildman–Crippen MR) is 96.4 cm³/mol. The number of ether oxygens (including phenoxy) is 2. The number of sulfonamides is 1. The fraction of sp³-hybridized carbons (Fsp3) is 0.368. The van der Waals surface area contributed by atoms with E-state index in [-0.39, 0.29) is 24.2 Å². The maximum atomic E-state index is 13.0. The summed E-state index contributed by atoms with van der Waals surface area (Å²) in [6, 6.07) is 12.1. The number of benzene rings is 2. The fourth-order valence-corrected chi connectivity index (χ4v) is 3.89. The van der Waals surface area contributed by atoms with Crippen LogP contribution in [0, 0.1) is 5.82 Å². The van der Waals surface area contributed by atoms with Crippen molar-refractivity contribution in [3.8, 4) is 11.5 Å². The molecule has 0 heterocycles. The Morgan fingerprint density at radius 3 is 2.46 bits per heavy atom. The molecule has 1 saturated carbocycles. The Balaban J connectivity index is 1.49. The van der Waals surface area contributed by atoms with E-state index in [1.54, 1.807) is 18.2 Å². The molecule has 7 heteroatoms. The molecule has 5 nitrogen and oxygen atoms in total. The summed E-state index contributed by atoms with van der Waals surface area (Å²) in [6.45, 7) is 0.185. The molecule has 1 N–H and O–H groups in total. The lowest BCUT2D eigenvalue weighted by Gasteiger charge is -2.13. The van der Waals surface area contributed by atoms with Crippen molar-refractivity contribution in [2.24, 2.45) is 0 Å². The van der Waals surface area contributed by atoms with Gasteiger partial charge in [-0.15, -0.1) is 0 Å². The second-order valence-corrected chi connectivity index (χ2v) is 7.97. The summed E-state index contributed by atoms with van der Waals surface area (Å²) in [5.41, 5.74) is 0. The van der Waals surface area contributed by atoms with E-state index in [4.69, 9.17) is 9.47 Å². The van der Waals surface area contributed by atoms with Gasteiger partial charge in [-0.2, -0.15) is 0 Å². The Kier molecular flexibility index (Phi) is 6.11. The first-order valence-corrected chi connectivity index (χ1v) is 10.2. The van der Waals surface area contributed by atoms with Gasteiger partial charge in [0.05, 0.1) is 11.0 Å². The second-order valence-electron chi connectivity index (χ2n) is 6.20. The number of hydrogen-bond acceptors (Lipinski definition) is 4. The van der Waals surface area contributed by atoms with E-state index in [1.165, 1.54) is 43.2 Å². The highest BCUT2D eigenvalue weighted by atomic mass is 32.2. The Morgan fingerprint density at radius 1 is 1.04 bits per heavy atom. The van der Waals surface area contributed by atoms with Crippen LogP contribution in [0.15, 0.2) is 53.4 Å². The van der Waals surface area contributed by atoms with Gasteiger partial charge in [-0.1, -0.05) is 6.07 Å². The van der Waals surface area contributed by atoms with Crippen LogP contribution in [0.2, 0.25) is 0 Å². The summed E-state index contributed by atoms with van der Waals surface area (Å²) in [5, 5.41) is 0. The van der Waals surface area contributed by atoms with Gasteiger partial charge in [0.25, 0.3) is 0 Å². The summed E-state index contributed by atoms with van der Waals surface area (Å²) in [7, 11) is -3.63. The van der Waals surface area contributed by atoms with Gasteiger partial charge in [-0.25, -0.2) is 17.5 Å². The third kappa shape index (κ3) is 5.19. The van der Waals surface area contributed by atoms with E-state index in [0.29, 0.717) is 11.5 Å². The molecule has 26 heavy (non-hydrogen) atoms. The number of halogens is 1. The van der Waals surface area contributed by atoms with Crippen LogP contribution < -0.4 is 14.2 Å².